The Hall–Kier alpha value is -2.38. The summed E-state index contributed by atoms with van der Waals surface area (Å²) in [6, 6.07) is 14.3. The van der Waals surface area contributed by atoms with Gasteiger partial charge in [-0.3, -0.25) is 0 Å². The lowest BCUT2D eigenvalue weighted by Crippen LogP contribution is -2.06. The van der Waals surface area contributed by atoms with Gasteiger partial charge in [0, 0.05) is 24.9 Å². The molecule has 0 aliphatic rings. The fourth-order valence-electron chi connectivity index (χ4n) is 2.09. The number of nitrogens with zero attached hydrogens (tertiary/aromatic N) is 1. The van der Waals surface area contributed by atoms with Gasteiger partial charge in [0.25, 0.3) is 0 Å². The molecule has 0 aliphatic heterocycles. The highest BCUT2D eigenvalue weighted by molar-refractivity contribution is 5.51. The Morgan fingerprint density at radius 2 is 2.00 bits per heavy atom. The number of hydrogen-bond donors (Lipinski definition) is 1. The number of hydrogen-bond acceptors (Lipinski definition) is 3. The number of methoxy groups -OCH3 is 1. The predicted molar refractivity (Wildman–Crippen MR) is 80.5 cm³/mol. The Balaban J connectivity index is 2.11. The molecule has 0 radical (unpaired) electrons. The van der Waals surface area contributed by atoms with Gasteiger partial charge in [-0.15, -0.1) is 0 Å². The smallest absolute Gasteiger partial charge is 0.128 e. The standard InChI is InChI=1S/C17H17FN2O/c1-21-9-8-14-4-2-3-5-17(14)20-12-15-10-13(11-19)6-7-16(15)18/h2-7,10,20H,8-9,12H2,1H3. The molecule has 0 saturated heterocycles. The van der Waals surface area contributed by atoms with E-state index in [2.05, 4.69) is 5.32 Å². The van der Waals surface area contributed by atoms with Gasteiger partial charge in [0.2, 0.25) is 0 Å². The highest BCUT2D eigenvalue weighted by Crippen LogP contribution is 2.18. The second-order valence-corrected chi connectivity index (χ2v) is 4.67. The van der Waals surface area contributed by atoms with Gasteiger partial charge >= 0.3 is 0 Å². The quantitative estimate of drug-likeness (QED) is 0.883. The first kappa shape index (κ1) is 15.0. The van der Waals surface area contributed by atoms with E-state index in [4.69, 9.17) is 10.00 Å². The van der Waals surface area contributed by atoms with Crippen LogP contribution in [0.5, 0.6) is 0 Å². The van der Waals surface area contributed by atoms with Crippen LogP contribution in [0.1, 0.15) is 16.7 Å². The third kappa shape index (κ3) is 4.04. The zero-order valence-corrected chi connectivity index (χ0v) is 11.9. The largest absolute Gasteiger partial charge is 0.384 e. The molecule has 108 valence electrons. The summed E-state index contributed by atoms with van der Waals surface area (Å²) >= 11 is 0. The van der Waals surface area contributed by atoms with Crippen molar-refractivity contribution in [2.24, 2.45) is 0 Å². The number of nitrogens with one attached hydrogen (secondary N) is 1. The topological polar surface area (TPSA) is 45.0 Å². The van der Waals surface area contributed by atoms with Gasteiger partial charge < -0.3 is 10.1 Å². The molecular formula is C17H17FN2O. The van der Waals surface area contributed by atoms with Gasteiger partial charge in [0.05, 0.1) is 18.2 Å². The lowest BCUT2D eigenvalue weighted by atomic mass is 10.1. The molecule has 2 rings (SSSR count). The van der Waals surface area contributed by atoms with E-state index in [-0.39, 0.29) is 5.82 Å². The summed E-state index contributed by atoms with van der Waals surface area (Å²) in [6.45, 7) is 0.975. The zero-order valence-electron chi connectivity index (χ0n) is 11.9. The van der Waals surface area contributed by atoms with Crippen molar-refractivity contribution in [2.45, 2.75) is 13.0 Å². The Morgan fingerprint density at radius 1 is 1.19 bits per heavy atom. The number of rotatable bonds is 6. The van der Waals surface area contributed by atoms with Gasteiger partial charge in [-0.05, 0) is 36.2 Å². The average Bonchev–Trinajstić information content (AvgIpc) is 2.53. The molecule has 4 heteroatoms. The Morgan fingerprint density at radius 3 is 2.76 bits per heavy atom. The Bertz CT molecular complexity index is 649. The van der Waals surface area contributed by atoms with E-state index in [1.807, 2.05) is 30.3 Å². The summed E-state index contributed by atoms with van der Waals surface area (Å²) in [5, 5.41) is 12.1. The van der Waals surface area contributed by atoms with Crippen LogP contribution in [0.2, 0.25) is 0 Å². The Labute approximate surface area is 124 Å². The minimum atomic E-state index is -0.309. The first-order chi connectivity index (χ1) is 10.2. The van der Waals surface area contributed by atoms with Crippen molar-refractivity contribution in [3.63, 3.8) is 0 Å². The molecule has 0 spiro atoms. The molecule has 0 atom stereocenters. The summed E-state index contributed by atoms with van der Waals surface area (Å²) in [4.78, 5) is 0. The molecule has 1 N–H and O–H groups in total. The van der Waals surface area contributed by atoms with Gasteiger partial charge in [0.1, 0.15) is 5.82 Å². The summed E-state index contributed by atoms with van der Waals surface area (Å²) in [5.41, 5.74) is 3.02. The van der Waals surface area contributed by atoms with Crippen LogP contribution in [-0.2, 0) is 17.7 Å². The monoisotopic (exact) mass is 284 g/mol. The second-order valence-electron chi connectivity index (χ2n) is 4.67. The van der Waals surface area contributed by atoms with E-state index in [0.717, 1.165) is 17.7 Å². The van der Waals surface area contributed by atoms with Crippen molar-refractivity contribution in [1.29, 1.82) is 5.26 Å². The lowest BCUT2D eigenvalue weighted by molar-refractivity contribution is 0.202. The van der Waals surface area contributed by atoms with Gasteiger partial charge in [0.15, 0.2) is 0 Å². The molecule has 0 aliphatic carbocycles. The molecule has 2 aromatic rings. The molecule has 0 heterocycles. The molecule has 3 nitrogen and oxygen atoms in total. The van der Waals surface area contributed by atoms with E-state index in [9.17, 15) is 4.39 Å². The van der Waals surface area contributed by atoms with E-state index in [1.54, 1.807) is 13.2 Å². The van der Waals surface area contributed by atoms with Crippen LogP contribution < -0.4 is 5.32 Å². The van der Waals surface area contributed by atoms with Crippen LogP contribution in [0.3, 0.4) is 0 Å². The normalized spacial score (nSPS) is 10.1. The van der Waals surface area contributed by atoms with Crippen molar-refractivity contribution in [1.82, 2.24) is 0 Å². The van der Waals surface area contributed by atoms with E-state index >= 15 is 0 Å². The third-order valence-electron chi connectivity index (χ3n) is 3.24. The molecular weight excluding hydrogens is 267 g/mol. The molecule has 0 fully saturated rings. The number of ether oxygens (including phenoxy) is 1. The van der Waals surface area contributed by atoms with Crippen molar-refractivity contribution >= 4 is 5.69 Å². The maximum Gasteiger partial charge on any atom is 0.128 e. The lowest BCUT2D eigenvalue weighted by Gasteiger charge is -2.12. The summed E-state index contributed by atoms with van der Waals surface area (Å²) in [5.74, 6) is -0.309. The van der Waals surface area contributed by atoms with Crippen LogP contribution in [0, 0.1) is 17.1 Å². The summed E-state index contributed by atoms with van der Waals surface area (Å²) in [7, 11) is 1.67. The maximum atomic E-state index is 13.7. The second kappa shape index (κ2) is 7.41. The fraction of sp³-hybridized carbons (Fsp3) is 0.235. The Kier molecular flexibility index (Phi) is 5.30. The van der Waals surface area contributed by atoms with Gasteiger partial charge in [-0.1, -0.05) is 18.2 Å². The minimum Gasteiger partial charge on any atom is -0.384 e. The highest BCUT2D eigenvalue weighted by Gasteiger charge is 2.06. The molecule has 2 aromatic carbocycles. The number of halogens is 1. The van der Waals surface area contributed by atoms with Crippen LogP contribution in [-0.4, -0.2) is 13.7 Å². The molecule has 0 bridgehead atoms. The fourth-order valence-corrected chi connectivity index (χ4v) is 2.09. The molecule has 0 unspecified atom stereocenters. The van der Waals surface area contributed by atoms with Crippen LogP contribution >= 0.6 is 0 Å². The zero-order chi connectivity index (χ0) is 15.1. The van der Waals surface area contributed by atoms with Crippen molar-refractivity contribution in [3.8, 4) is 6.07 Å². The maximum absolute atomic E-state index is 13.7. The SMILES string of the molecule is COCCc1ccccc1NCc1cc(C#N)ccc1F. The van der Waals surface area contributed by atoms with E-state index in [0.29, 0.717) is 24.3 Å². The average molecular weight is 284 g/mol. The number of benzene rings is 2. The van der Waals surface area contributed by atoms with Crippen LogP contribution in [0.25, 0.3) is 0 Å². The van der Waals surface area contributed by atoms with E-state index in [1.165, 1.54) is 12.1 Å². The number of para-hydroxylation sites is 1. The third-order valence-corrected chi connectivity index (χ3v) is 3.24. The number of anilines is 1. The summed E-state index contributed by atoms with van der Waals surface area (Å²) < 4.78 is 18.8. The van der Waals surface area contributed by atoms with Crippen molar-refractivity contribution in [2.75, 3.05) is 19.0 Å². The molecule has 0 aromatic heterocycles. The van der Waals surface area contributed by atoms with Crippen molar-refractivity contribution < 1.29 is 9.13 Å². The highest BCUT2D eigenvalue weighted by atomic mass is 19.1. The first-order valence-electron chi connectivity index (χ1n) is 6.74. The van der Waals surface area contributed by atoms with Gasteiger partial charge in [-0.2, -0.15) is 5.26 Å². The summed E-state index contributed by atoms with van der Waals surface area (Å²) in [6.07, 6.45) is 0.792. The molecule has 0 amide bonds. The molecule has 0 saturated carbocycles. The minimum absolute atomic E-state index is 0.309. The van der Waals surface area contributed by atoms with Crippen molar-refractivity contribution in [3.05, 3.63) is 65.0 Å². The van der Waals surface area contributed by atoms with E-state index < -0.39 is 0 Å². The number of nitriles is 1. The predicted octanol–water partition coefficient (Wildman–Crippen LogP) is 3.50. The van der Waals surface area contributed by atoms with Gasteiger partial charge in [-0.25, -0.2) is 4.39 Å². The molecule has 21 heavy (non-hydrogen) atoms. The van der Waals surface area contributed by atoms with Crippen LogP contribution in [0.15, 0.2) is 42.5 Å². The van der Waals surface area contributed by atoms with Crippen LogP contribution in [0.4, 0.5) is 10.1 Å². The first-order valence-corrected chi connectivity index (χ1v) is 6.74.